The Balaban J connectivity index is 2.18. The number of aromatic nitrogens is 2. The van der Waals surface area contributed by atoms with Crippen molar-refractivity contribution < 1.29 is 9.84 Å². The molecule has 6 nitrogen and oxygen atoms in total. The molecule has 0 amide bonds. The van der Waals surface area contributed by atoms with E-state index in [1.165, 1.54) is 0 Å². The predicted octanol–water partition coefficient (Wildman–Crippen LogP) is 0.571. The summed E-state index contributed by atoms with van der Waals surface area (Å²) >= 11 is 3.50. The van der Waals surface area contributed by atoms with Crippen molar-refractivity contribution in [3.8, 4) is 0 Å². The van der Waals surface area contributed by atoms with Crippen LogP contribution < -0.4 is 0 Å². The van der Waals surface area contributed by atoms with Crippen LogP contribution in [0, 0.1) is 0 Å². The molecule has 2 rings (SSSR count). The number of aliphatic hydroxyl groups excluding tert-OH is 1. The van der Waals surface area contributed by atoms with Crippen LogP contribution in [0.4, 0.5) is 0 Å². The van der Waals surface area contributed by atoms with Crippen LogP contribution in [0.5, 0.6) is 0 Å². The van der Waals surface area contributed by atoms with Crippen molar-refractivity contribution in [3.63, 3.8) is 0 Å². The van der Waals surface area contributed by atoms with Crippen LogP contribution in [-0.4, -0.2) is 78.2 Å². The van der Waals surface area contributed by atoms with Gasteiger partial charge in [0.25, 0.3) is 0 Å². The van der Waals surface area contributed by atoms with E-state index in [2.05, 4.69) is 44.9 Å². The van der Waals surface area contributed by atoms with Crippen molar-refractivity contribution in [1.82, 2.24) is 19.6 Å². The second-order valence-corrected chi connectivity index (χ2v) is 6.20. The Kier molecular flexibility index (Phi) is 5.57. The molecule has 1 aliphatic rings. The predicted molar refractivity (Wildman–Crippen MR) is 80.7 cm³/mol. The molecule has 20 heavy (non-hydrogen) atoms. The highest BCUT2D eigenvalue weighted by atomic mass is 79.9. The number of nitrogens with zero attached hydrogens (tertiary/aromatic N) is 4. The van der Waals surface area contributed by atoms with Crippen molar-refractivity contribution in [3.05, 3.63) is 16.4 Å². The first kappa shape index (κ1) is 15.9. The third-order valence-corrected chi connectivity index (χ3v) is 4.50. The summed E-state index contributed by atoms with van der Waals surface area (Å²) in [6, 6.07) is 0.0723. The van der Waals surface area contributed by atoms with Gasteiger partial charge in [-0.1, -0.05) is 0 Å². The quantitative estimate of drug-likeness (QED) is 0.844. The smallest absolute Gasteiger partial charge is 0.113 e. The van der Waals surface area contributed by atoms with Gasteiger partial charge < -0.3 is 14.7 Å². The van der Waals surface area contributed by atoms with E-state index < -0.39 is 6.10 Å². The van der Waals surface area contributed by atoms with Crippen molar-refractivity contribution in [2.24, 2.45) is 0 Å². The monoisotopic (exact) mass is 346 g/mol. The minimum atomic E-state index is -0.573. The van der Waals surface area contributed by atoms with Gasteiger partial charge in [0.1, 0.15) is 6.10 Å². The van der Waals surface area contributed by atoms with Gasteiger partial charge in [-0.05, 0) is 30.0 Å². The third kappa shape index (κ3) is 3.40. The lowest BCUT2D eigenvalue weighted by Gasteiger charge is -2.40. The van der Waals surface area contributed by atoms with Gasteiger partial charge >= 0.3 is 0 Å². The Morgan fingerprint density at radius 2 is 2.25 bits per heavy atom. The molecule has 1 saturated heterocycles. The molecule has 0 spiro atoms. The summed E-state index contributed by atoms with van der Waals surface area (Å²) in [7, 11) is 5.81. The van der Waals surface area contributed by atoms with E-state index in [-0.39, 0.29) is 6.04 Å². The molecular weight excluding hydrogens is 324 g/mol. The number of methoxy groups -OCH3 is 1. The van der Waals surface area contributed by atoms with E-state index in [4.69, 9.17) is 4.74 Å². The normalized spacial score (nSPS) is 23.1. The van der Waals surface area contributed by atoms with Gasteiger partial charge in [0.2, 0.25) is 0 Å². The lowest BCUT2D eigenvalue weighted by atomic mass is 10.0. The van der Waals surface area contributed by atoms with Gasteiger partial charge in [-0.3, -0.25) is 9.58 Å². The Labute approximate surface area is 128 Å². The first-order valence-corrected chi connectivity index (χ1v) is 7.61. The van der Waals surface area contributed by atoms with E-state index in [9.17, 15) is 5.11 Å². The van der Waals surface area contributed by atoms with Crippen molar-refractivity contribution in [2.45, 2.75) is 18.7 Å². The maximum absolute atomic E-state index is 10.8. The van der Waals surface area contributed by atoms with E-state index in [1.54, 1.807) is 13.3 Å². The SMILES string of the molecule is COCCn1ncc(Br)c1C(O)C1CN(C)CCN1C. The largest absolute Gasteiger partial charge is 0.385 e. The Bertz CT molecular complexity index is 440. The van der Waals surface area contributed by atoms with Crippen LogP contribution in [0.2, 0.25) is 0 Å². The highest BCUT2D eigenvalue weighted by molar-refractivity contribution is 9.10. The second kappa shape index (κ2) is 7.00. The minimum absolute atomic E-state index is 0.0723. The minimum Gasteiger partial charge on any atom is -0.385 e. The summed E-state index contributed by atoms with van der Waals surface area (Å²) < 4.78 is 7.77. The molecule has 0 radical (unpaired) electrons. The molecule has 1 N–H and O–H groups in total. The highest BCUT2D eigenvalue weighted by Gasteiger charge is 2.32. The number of hydrogen-bond donors (Lipinski definition) is 1. The molecule has 1 aromatic rings. The molecule has 114 valence electrons. The van der Waals surface area contributed by atoms with Crippen LogP contribution >= 0.6 is 15.9 Å². The van der Waals surface area contributed by atoms with Gasteiger partial charge in [0.15, 0.2) is 0 Å². The Morgan fingerprint density at radius 1 is 1.50 bits per heavy atom. The molecule has 0 bridgehead atoms. The number of ether oxygens (including phenoxy) is 1. The number of hydrogen-bond acceptors (Lipinski definition) is 5. The molecule has 1 aromatic heterocycles. The van der Waals surface area contributed by atoms with E-state index in [0.29, 0.717) is 13.2 Å². The summed E-state index contributed by atoms with van der Waals surface area (Å²) in [5.41, 5.74) is 0.828. The van der Waals surface area contributed by atoms with Gasteiger partial charge in [-0.25, -0.2) is 0 Å². The summed E-state index contributed by atoms with van der Waals surface area (Å²) in [5.74, 6) is 0. The van der Waals surface area contributed by atoms with E-state index in [0.717, 1.165) is 29.8 Å². The molecule has 0 saturated carbocycles. The zero-order chi connectivity index (χ0) is 14.7. The topological polar surface area (TPSA) is 53.8 Å². The van der Waals surface area contributed by atoms with Gasteiger partial charge in [-0.2, -0.15) is 5.10 Å². The first-order valence-electron chi connectivity index (χ1n) is 6.81. The van der Waals surface area contributed by atoms with Crippen LogP contribution in [-0.2, 0) is 11.3 Å². The van der Waals surface area contributed by atoms with E-state index >= 15 is 0 Å². The summed E-state index contributed by atoms with van der Waals surface area (Å²) in [4.78, 5) is 4.46. The number of halogens is 1. The average molecular weight is 347 g/mol. The Morgan fingerprint density at radius 3 is 2.95 bits per heavy atom. The molecule has 2 atom stereocenters. The molecule has 2 heterocycles. The van der Waals surface area contributed by atoms with Crippen molar-refractivity contribution in [1.29, 1.82) is 0 Å². The van der Waals surface area contributed by atoms with Crippen LogP contribution in [0.15, 0.2) is 10.7 Å². The average Bonchev–Trinajstić information content (AvgIpc) is 2.79. The number of rotatable bonds is 5. The fourth-order valence-electron chi connectivity index (χ4n) is 2.59. The zero-order valence-electron chi connectivity index (χ0n) is 12.3. The van der Waals surface area contributed by atoms with Crippen LogP contribution in [0.3, 0.4) is 0 Å². The van der Waals surface area contributed by atoms with Gasteiger partial charge in [-0.15, -0.1) is 0 Å². The maximum atomic E-state index is 10.8. The van der Waals surface area contributed by atoms with Gasteiger partial charge in [0, 0.05) is 26.7 Å². The third-order valence-electron chi connectivity index (χ3n) is 3.88. The first-order chi connectivity index (χ1) is 9.54. The van der Waals surface area contributed by atoms with Gasteiger partial charge in [0.05, 0.1) is 35.6 Å². The maximum Gasteiger partial charge on any atom is 0.113 e. The zero-order valence-corrected chi connectivity index (χ0v) is 13.9. The summed E-state index contributed by atoms with van der Waals surface area (Å²) in [5, 5.41) is 15.1. The molecule has 1 aliphatic heterocycles. The second-order valence-electron chi connectivity index (χ2n) is 5.35. The van der Waals surface area contributed by atoms with Crippen molar-refractivity contribution in [2.75, 3.05) is 47.4 Å². The number of aliphatic hydroxyl groups is 1. The number of likely N-dealkylation sites (N-methyl/N-ethyl adjacent to an activating group) is 2. The Hall–Kier alpha value is -0.470. The number of piperazine rings is 1. The molecule has 7 heteroatoms. The fraction of sp³-hybridized carbons (Fsp3) is 0.769. The molecule has 0 aliphatic carbocycles. The lowest BCUT2D eigenvalue weighted by Crippen LogP contribution is -2.52. The van der Waals surface area contributed by atoms with Crippen LogP contribution in [0.25, 0.3) is 0 Å². The van der Waals surface area contributed by atoms with Crippen molar-refractivity contribution >= 4 is 15.9 Å². The molecule has 1 fully saturated rings. The lowest BCUT2D eigenvalue weighted by molar-refractivity contribution is 0.00856. The summed E-state index contributed by atoms with van der Waals surface area (Å²) in [6.45, 7) is 4.06. The molecule has 0 aromatic carbocycles. The standard InChI is InChI=1S/C13H23BrN4O2/c1-16-4-5-17(2)11(9-16)13(19)12-10(14)8-15-18(12)6-7-20-3/h8,11,13,19H,4-7,9H2,1-3H3. The highest BCUT2D eigenvalue weighted by Crippen LogP contribution is 2.29. The van der Waals surface area contributed by atoms with E-state index in [1.807, 2.05) is 4.68 Å². The summed E-state index contributed by atoms with van der Waals surface area (Å²) in [6.07, 6.45) is 1.16. The molecular formula is C13H23BrN4O2. The molecule has 2 unspecified atom stereocenters. The fourth-order valence-corrected chi connectivity index (χ4v) is 3.12. The van der Waals surface area contributed by atoms with Crippen LogP contribution in [0.1, 0.15) is 11.8 Å².